The van der Waals surface area contributed by atoms with Crippen LogP contribution in [0.4, 0.5) is 5.69 Å². The monoisotopic (exact) mass is 401 g/mol. The van der Waals surface area contributed by atoms with Crippen molar-refractivity contribution in [3.05, 3.63) is 53.7 Å². The molecule has 1 heterocycles. The van der Waals surface area contributed by atoms with Crippen LogP contribution >= 0.6 is 0 Å². The second kappa shape index (κ2) is 7.65. The summed E-state index contributed by atoms with van der Waals surface area (Å²) in [4.78, 5) is 13.0. The van der Waals surface area contributed by atoms with Gasteiger partial charge in [-0.3, -0.25) is 4.79 Å². The van der Waals surface area contributed by atoms with Crippen LogP contribution in [0.5, 0.6) is 5.75 Å². The van der Waals surface area contributed by atoms with Gasteiger partial charge >= 0.3 is 0 Å². The molecule has 1 amide bonds. The Kier molecular flexibility index (Phi) is 5.44. The number of hydrogen-bond acceptors (Lipinski definition) is 4. The first-order valence-corrected chi connectivity index (χ1v) is 10.5. The van der Waals surface area contributed by atoms with Gasteiger partial charge in [-0.1, -0.05) is 0 Å². The molecule has 0 spiro atoms. The molecule has 0 aliphatic carbocycles. The zero-order valence-corrected chi connectivity index (χ0v) is 16.8. The van der Waals surface area contributed by atoms with E-state index in [4.69, 9.17) is 9.88 Å². The van der Waals surface area contributed by atoms with Crippen LogP contribution in [0.2, 0.25) is 0 Å². The van der Waals surface area contributed by atoms with Gasteiger partial charge < -0.3 is 14.6 Å². The number of carbonyl (C=O) groups excluding carboxylic acids is 1. The highest BCUT2D eigenvalue weighted by Gasteiger charge is 2.20. The molecule has 1 aromatic heterocycles. The van der Waals surface area contributed by atoms with Gasteiger partial charge in [0.1, 0.15) is 11.4 Å². The normalized spacial score (nSPS) is 11.6. The molecule has 0 unspecified atom stereocenters. The highest BCUT2D eigenvalue weighted by atomic mass is 32.2. The molecule has 0 atom stereocenters. The number of primary sulfonamides is 1. The molecular formula is C20H23N3O4S. The molecule has 3 N–H and O–H groups in total. The summed E-state index contributed by atoms with van der Waals surface area (Å²) in [6.07, 6.45) is 0. The molecule has 7 nitrogen and oxygen atoms in total. The second-order valence-corrected chi connectivity index (χ2v) is 7.91. The van der Waals surface area contributed by atoms with Crippen LogP contribution in [0.25, 0.3) is 10.9 Å². The van der Waals surface area contributed by atoms with Gasteiger partial charge in [0.25, 0.3) is 5.91 Å². The molecule has 0 saturated carbocycles. The number of nitrogens with one attached hydrogen (secondary N) is 1. The molecule has 0 aliphatic heterocycles. The van der Waals surface area contributed by atoms with Gasteiger partial charge in [-0.25, -0.2) is 13.6 Å². The van der Waals surface area contributed by atoms with Crippen molar-refractivity contribution in [2.75, 3.05) is 11.9 Å². The summed E-state index contributed by atoms with van der Waals surface area (Å²) in [5.74, 6) is 0.494. The Labute approximate surface area is 164 Å². The minimum Gasteiger partial charge on any atom is -0.494 e. The minimum atomic E-state index is -3.77. The standard InChI is InChI=1S/C20H23N3O4S/c1-4-23-18-11-8-15(27-5-2)12-17(18)13(3)19(23)20(24)22-14-6-9-16(10-7-14)28(21,25)26/h6-12H,4-5H2,1-3H3,(H,22,24)(H2,21,25,26). The fraction of sp³-hybridized carbons (Fsp3) is 0.250. The van der Waals surface area contributed by atoms with Crippen LogP contribution in [0.3, 0.4) is 0 Å². The van der Waals surface area contributed by atoms with Crippen LogP contribution in [0.1, 0.15) is 29.9 Å². The average molecular weight is 401 g/mol. The number of aryl methyl sites for hydroxylation is 2. The van der Waals surface area contributed by atoms with Crippen LogP contribution in [0.15, 0.2) is 47.4 Å². The van der Waals surface area contributed by atoms with Crippen molar-refractivity contribution < 1.29 is 17.9 Å². The van der Waals surface area contributed by atoms with Crippen molar-refractivity contribution in [1.82, 2.24) is 4.57 Å². The van der Waals surface area contributed by atoms with Gasteiger partial charge in [-0.2, -0.15) is 0 Å². The third kappa shape index (κ3) is 3.74. The molecule has 3 aromatic rings. The molecular weight excluding hydrogens is 378 g/mol. The van der Waals surface area contributed by atoms with E-state index in [1.807, 2.05) is 43.5 Å². The van der Waals surface area contributed by atoms with Crippen molar-refractivity contribution in [3.63, 3.8) is 0 Å². The summed E-state index contributed by atoms with van der Waals surface area (Å²) in [6, 6.07) is 11.5. The number of hydrogen-bond donors (Lipinski definition) is 2. The van der Waals surface area contributed by atoms with E-state index in [0.29, 0.717) is 24.5 Å². The van der Waals surface area contributed by atoms with Crippen molar-refractivity contribution in [2.24, 2.45) is 5.14 Å². The molecule has 8 heteroatoms. The number of carbonyl (C=O) groups is 1. The summed E-state index contributed by atoms with van der Waals surface area (Å²) < 4.78 is 30.3. The van der Waals surface area contributed by atoms with E-state index >= 15 is 0 Å². The second-order valence-electron chi connectivity index (χ2n) is 6.35. The highest BCUT2D eigenvalue weighted by Crippen LogP contribution is 2.30. The largest absolute Gasteiger partial charge is 0.494 e. The Bertz CT molecular complexity index is 1130. The predicted molar refractivity (Wildman–Crippen MR) is 109 cm³/mol. The van der Waals surface area contributed by atoms with Crippen molar-refractivity contribution in [2.45, 2.75) is 32.2 Å². The number of amides is 1. The zero-order valence-electron chi connectivity index (χ0n) is 16.0. The number of aromatic nitrogens is 1. The average Bonchev–Trinajstić information content (AvgIpc) is 2.93. The van der Waals surface area contributed by atoms with Crippen LogP contribution in [0, 0.1) is 6.92 Å². The van der Waals surface area contributed by atoms with E-state index < -0.39 is 10.0 Å². The quantitative estimate of drug-likeness (QED) is 0.661. The summed E-state index contributed by atoms with van der Waals surface area (Å²) in [7, 11) is -3.77. The van der Waals surface area contributed by atoms with Gasteiger partial charge in [0.2, 0.25) is 10.0 Å². The molecule has 0 radical (unpaired) electrons. The van der Waals surface area contributed by atoms with Crippen molar-refractivity contribution in [1.29, 1.82) is 0 Å². The van der Waals surface area contributed by atoms with Crippen LogP contribution < -0.4 is 15.2 Å². The molecule has 0 saturated heterocycles. The van der Waals surface area contributed by atoms with Gasteiger partial charge in [0.05, 0.1) is 11.5 Å². The van der Waals surface area contributed by atoms with Gasteiger partial charge in [0, 0.05) is 23.1 Å². The summed E-state index contributed by atoms with van der Waals surface area (Å²) in [5.41, 5.74) is 2.86. The fourth-order valence-electron chi connectivity index (χ4n) is 3.30. The maximum Gasteiger partial charge on any atom is 0.272 e. The van der Waals surface area contributed by atoms with E-state index in [1.54, 1.807) is 0 Å². The summed E-state index contributed by atoms with van der Waals surface area (Å²) >= 11 is 0. The Morgan fingerprint density at radius 2 is 1.82 bits per heavy atom. The Balaban J connectivity index is 1.98. The first-order valence-electron chi connectivity index (χ1n) is 8.96. The third-order valence-corrected chi connectivity index (χ3v) is 5.50. The number of rotatable bonds is 6. The smallest absolute Gasteiger partial charge is 0.272 e. The van der Waals surface area contributed by atoms with Gasteiger partial charge in [-0.15, -0.1) is 0 Å². The Hall–Kier alpha value is -2.84. The lowest BCUT2D eigenvalue weighted by Crippen LogP contribution is -2.18. The first kappa shape index (κ1) is 19.9. The summed E-state index contributed by atoms with van der Waals surface area (Å²) in [6.45, 7) is 7.01. The number of benzene rings is 2. The lowest BCUT2D eigenvalue weighted by molar-refractivity contribution is 0.101. The van der Waals surface area contributed by atoms with E-state index in [0.717, 1.165) is 22.2 Å². The van der Waals surface area contributed by atoms with E-state index in [1.165, 1.54) is 24.3 Å². The van der Waals surface area contributed by atoms with Crippen molar-refractivity contribution >= 4 is 32.5 Å². The van der Waals surface area contributed by atoms with Crippen molar-refractivity contribution in [3.8, 4) is 5.75 Å². The number of nitrogens with zero attached hydrogens (tertiary/aromatic N) is 1. The SMILES string of the molecule is CCOc1ccc2c(c1)c(C)c(C(=O)Nc1ccc(S(N)(=O)=O)cc1)n2CC. The molecule has 0 fully saturated rings. The minimum absolute atomic E-state index is 0.00666. The Morgan fingerprint density at radius 1 is 1.14 bits per heavy atom. The highest BCUT2D eigenvalue weighted by molar-refractivity contribution is 7.89. The van der Waals surface area contributed by atoms with E-state index in [9.17, 15) is 13.2 Å². The third-order valence-electron chi connectivity index (χ3n) is 4.57. The maximum absolute atomic E-state index is 13.0. The number of ether oxygens (including phenoxy) is 1. The molecule has 28 heavy (non-hydrogen) atoms. The molecule has 3 rings (SSSR count). The Morgan fingerprint density at radius 3 is 2.39 bits per heavy atom. The van der Waals surface area contributed by atoms with Gasteiger partial charge in [0.15, 0.2) is 0 Å². The first-order chi connectivity index (χ1) is 13.3. The molecule has 0 bridgehead atoms. The van der Waals surface area contributed by atoms with E-state index in [-0.39, 0.29) is 10.8 Å². The number of fused-ring (bicyclic) bond motifs is 1. The molecule has 2 aromatic carbocycles. The fourth-order valence-corrected chi connectivity index (χ4v) is 3.81. The van der Waals surface area contributed by atoms with Gasteiger partial charge in [-0.05, 0) is 68.8 Å². The molecule has 0 aliphatic rings. The van der Waals surface area contributed by atoms with Crippen LogP contribution in [-0.2, 0) is 16.6 Å². The van der Waals surface area contributed by atoms with E-state index in [2.05, 4.69) is 5.32 Å². The topological polar surface area (TPSA) is 103 Å². The number of sulfonamides is 1. The summed E-state index contributed by atoms with van der Waals surface area (Å²) in [5, 5.41) is 8.89. The lowest BCUT2D eigenvalue weighted by Gasteiger charge is -2.10. The molecule has 148 valence electrons. The lowest BCUT2D eigenvalue weighted by atomic mass is 10.1. The zero-order chi connectivity index (χ0) is 20.5. The number of nitrogens with two attached hydrogens (primary N) is 1. The maximum atomic E-state index is 13.0. The number of anilines is 1. The van der Waals surface area contributed by atoms with Crippen LogP contribution in [-0.4, -0.2) is 25.5 Å². The predicted octanol–water partition coefficient (Wildman–Crippen LogP) is 3.27.